The fraction of sp³-hybridized carbons (Fsp3) is 0.467. The van der Waals surface area contributed by atoms with Crippen LogP contribution >= 0.6 is 0 Å². The van der Waals surface area contributed by atoms with Crippen molar-refractivity contribution in [3.05, 3.63) is 39.9 Å². The molecule has 1 unspecified atom stereocenters. The van der Waals surface area contributed by atoms with Crippen LogP contribution in [0.1, 0.15) is 39.7 Å². The lowest BCUT2D eigenvalue weighted by Crippen LogP contribution is -2.32. The van der Waals surface area contributed by atoms with Crippen molar-refractivity contribution in [3.8, 4) is 0 Å². The Morgan fingerprint density at radius 3 is 2.43 bits per heavy atom. The van der Waals surface area contributed by atoms with Crippen LogP contribution in [0.3, 0.4) is 0 Å². The average molecular weight is 293 g/mol. The Labute approximate surface area is 123 Å². The van der Waals surface area contributed by atoms with Crippen LogP contribution in [-0.2, 0) is 19.7 Å². The summed E-state index contributed by atoms with van der Waals surface area (Å²) in [4.78, 5) is 33.6. The van der Waals surface area contributed by atoms with Gasteiger partial charge in [-0.05, 0) is 33.3 Å². The maximum Gasteiger partial charge on any atom is 0.307 e. The fourth-order valence-electron chi connectivity index (χ4n) is 1.86. The molecule has 6 nitrogen and oxygen atoms in total. The Morgan fingerprint density at radius 2 is 1.95 bits per heavy atom. The highest BCUT2D eigenvalue weighted by Gasteiger charge is 2.32. The molecule has 0 bridgehead atoms. The first kappa shape index (κ1) is 16.8. The highest BCUT2D eigenvalue weighted by molar-refractivity contribution is 5.80. The molecular weight excluding hydrogens is 274 g/mol. The van der Waals surface area contributed by atoms with Crippen LogP contribution in [0.15, 0.2) is 24.3 Å². The van der Waals surface area contributed by atoms with Gasteiger partial charge >= 0.3 is 5.97 Å². The van der Waals surface area contributed by atoms with Crippen molar-refractivity contribution in [2.24, 2.45) is 0 Å². The monoisotopic (exact) mass is 293 g/mol. The Morgan fingerprint density at radius 1 is 1.33 bits per heavy atom. The molecule has 114 valence electrons. The SMILES string of the molecule is CC(C)(C)OC(=O)CC(C)(C=O)c1cccc([N+](=O)[O-])c1. The first-order valence-corrected chi connectivity index (χ1v) is 6.50. The second-order valence-corrected chi connectivity index (χ2v) is 6.11. The number of esters is 1. The number of benzene rings is 1. The molecule has 0 aliphatic rings. The van der Waals surface area contributed by atoms with Gasteiger partial charge in [0.25, 0.3) is 5.69 Å². The lowest BCUT2D eigenvalue weighted by atomic mass is 9.81. The Kier molecular flexibility index (Phi) is 4.83. The summed E-state index contributed by atoms with van der Waals surface area (Å²) in [6.07, 6.45) is 0.449. The molecule has 0 fully saturated rings. The molecule has 0 saturated heterocycles. The molecule has 0 spiro atoms. The summed E-state index contributed by atoms with van der Waals surface area (Å²) in [5.41, 5.74) is -1.51. The van der Waals surface area contributed by atoms with Gasteiger partial charge < -0.3 is 9.53 Å². The summed E-state index contributed by atoms with van der Waals surface area (Å²) >= 11 is 0. The number of nitro benzene ring substituents is 1. The van der Waals surface area contributed by atoms with Gasteiger partial charge in [0.15, 0.2) is 0 Å². The van der Waals surface area contributed by atoms with E-state index in [0.717, 1.165) is 0 Å². The van der Waals surface area contributed by atoms with Crippen LogP contribution in [0.5, 0.6) is 0 Å². The second-order valence-electron chi connectivity index (χ2n) is 6.11. The molecule has 0 aliphatic heterocycles. The number of ether oxygens (including phenoxy) is 1. The van der Waals surface area contributed by atoms with Crippen LogP contribution in [0.4, 0.5) is 5.69 Å². The van der Waals surface area contributed by atoms with Crippen molar-refractivity contribution in [1.82, 2.24) is 0 Å². The third kappa shape index (κ3) is 4.66. The minimum absolute atomic E-state index is 0.121. The molecule has 1 aromatic rings. The van der Waals surface area contributed by atoms with Gasteiger partial charge in [-0.2, -0.15) is 0 Å². The van der Waals surface area contributed by atoms with E-state index in [9.17, 15) is 19.7 Å². The van der Waals surface area contributed by atoms with Crippen LogP contribution in [-0.4, -0.2) is 22.8 Å². The molecule has 0 aromatic heterocycles. The van der Waals surface area contributed by atoms with E-state index in [0.29, 0.717) is 11.8 Å². The van der Waals surface area contributed by atoms with E-state index in [1.807, 2.05) is 0 Å². The van der Waals surface area contributed by atoms with Gasteiger partial charge in [-0.25, -0.2) is 0 Å². The van der Waals surface area contributed by atoms with Crippen molar-refractivity contribution < 1.29 is 19.2 Å². The minimum atomic E-state index is -1.16. The largest absolute Gasteiger partial charge is 0.460 e. The standard InChI is InChI=1S/C15H19NO5/c1-14(2,3)21-13(18)9-15(4,10-17)11-6-5-7-12(8-11)16(19)20/h5-8,10H,9H2,1-4H3. The van der Waals surface area contributed by atoms with E-state index < -0.39 is 21.9 Å². The number of carbonyl (C=O) groups excluding carboxylic acids is 2. The van der Waals surface area contributed by atoms with Crippen LogP contribution < -0.4 is 0 Å². The predicted octanol–water partition coefficient (Wildman–Crippen LogP) is 2.78. The number of carbonyl (C=O) groups is 2. The lowest BCUT2D eigenvalue weighted by Gasteiger charge is -2.25. The third-order valence-electron chi connectivity index (χ3n) is 2.91. The number of non-ortho nitro benzene ring substituents is 1. The molecular formula is C15H19NO5. The zero-order valence-corrected chi connectivity index (χ0v) is 12.6. The van der Waals surface area contributed by atoms with Crippen molar-refractivity contribution in [1.29, 1.82) is 0 Å². The number of aldehydes is 1. The van der Waals surface area contributed by atoms with Gasteiger partial charge in [-0.3, -0.25) is 14.9 Å². The molecule has 1 rings (SSSR count). The van der Waals surface area contributed by atoms with Crippen molar-refractivity contribution in [3.63, 3.8) is 0 Å². The Bertz CT molecular complexity index is 561. The molecule has 21 heavy (non-hydrogen) atoms. The Balaban J connectivity index is 3.04. The highest BCUT2D eigenvalue weighted by Crippen LogP contribution is 2.29. The first-order chi connectivity index (χ1) is 9.57. The molecule has 1 atom stereocenters. The van der Waals surface area contributed by atoms with E-state index in [1.165, 1.54) is 18.2 Å². The second kappa shape index (κ2) is 6.03. The fourth-order valence-corrected chi connectivity index (χ4v) is 1.86. The topological polar surface area (TPSA) is 86.5 Å². The van der Waals surface area contributed by atoms with Gasteiger partial charge in [0, 0.05) is 12.1 Å². The summed E-state index contributed by atoms with van der Waals surface area (Å²) in [5.74, 6) is -0.524. The summed E-state index contributed by atoms with van der Waals surface area (Å²) < 4.78 is 5.20. The molecule has 0 aliphatic carbocycles. The maximum absolute atomic E-state index is 11.9. The van der Waals surface area contributed by atoms with E-state index in [2.05, 4.69) is 0 Å². The van der Waals surface area contributed by atoms with Gasteiger partial charge in [0.1, 0.15) is 11.9 Å². The summed E-state index contributed by atoms with van der Waals surface area (Å²) in [6.45, 7) is 6.76. The average Bonchev–Trinajstić information content (AvgIpc) is 2.36. The minimum Gasteiger partial charge on any atom is -0.460 e. The molecule has 1 aromatic carbocycles. The van der Waals surface area contributed by atoms with Crippen molar-refractivity contribution >= 4 is 17.9 Å². The van der Waals surface area contributed by atoms with Gasteiger partial charge in [0.2, 0.25) is 0 Å². The van der Waals surface area contributed by atoms with E-state index >= 15 is 0 Å². The molecule has 0 heterocycles. The number of rotatable bonds is 5. The predicted molar refractivity (Wildman–Crippen MR) is 77.0 cm³/mol. The molecule has 0 amide bonds. The van der Waals surface area contributed by atoms with Gasteiger partial charge in [-0.1, -0.05) is 12.1 Å². The van der Waals surface area contributed by atoms with Gasteiger partial charge in [-0.15, -0.1) is 0 Å². The Hall–Kier alpha value is -2.24. The van der Waals surface area contributed by atoms with Crippen molar-refractivity contribution in [2.45, 2.75) is 45.1 Å². The number of hydrogen-bond acceptors (Lipinski definition) is 5. The zero-order valence-electron chi connectivity index (χ0n) is 12.6. The van der Waals surface area contributed by atoms with Crippen LogP contribution in [0.2, 0.25) is 0 Å². The summed E-state index contributed by atoms with van der Waals surface area (Å²) in [6, 6.07) is 5.72. The summed E-state index contributed by atoms with van der Waals surface area (Å²) in [5, 5.41) is 10.8. The summed E-state index contributed by atoms with van der Waals surface area (Å²) in [7, 11) is 0. The van der Waals surface area contributed by atoms with E-state index in [4.69, 9.17) is 4.74 Å². The quantitative estimate of drug-likeness (QED) is 0.360. The maximum atomic E-state index is 11.9. The normalized spacial score (nSPS) is 14.1. The van der Waals surface area contributed by atoms with Gasteiger partial charge in [0.05, 0.1) is 16.8 Å². The zero-order chi connectivity index (χ0) is 16.3. The first-order valence-electron chi connectivity index (χ1n) is 6.50. The molecule has 0 saturated carbocycles. The van der Waals surface area contributed by atoms with Crippen LogP contribution in [0.25, 0.3) is 0 Å². The molecule has 6 heteroatoms. The van der Waals surface area contributed by atoms with E-state index in [-0.39, 0.29) is 12.1 Å². The highest BCUT2D eigenvalue weighted by atomic mass is 16.6. The number of nitro groups is 1. The smallest absolute Gasteiger partial charge is 0.307 e. The molecule has 0 radical (unpaired) electrons. The number of hydrogen-bond donors (Lipinski definition) is 0. The number of nitrogens with zero attached hydrogens (tertiary/aromatic N) is 1. The lowest BCUT2D eigenvalue weighted by molar-refractivity contribution is -0.384. The van der Waals surface area contributed by atoms with Crippen LogP contribution in [0, 0.1) is 10.1 Å². The third-order valence-corrected chi connectivity index (χ3v) is 2.91. The van der Waals surface area contributed by atoms with E-state index in [1.54, 1.807) is 33.8 Å². The van der Waals surface area contributed by atoms with Crippen molar-refractivity contribution in [2.75, 3.05) is 0 Å². The molecule has 0 N–H and O–H groups in total.